The lowest BCUT2D eigenvalue weighted by Gasteiger charge is -2.25. The first-order valence-electron chi connectivity index (χ1n) is 8.59. The van der Waals surface area contributed by atoms with Crippen molar-refractivity contribution in [1.82, 2.24) is 4.90 Å². The summed E-state index contributed by atoms with van der Waals surface area (Å²) in [6.07, 6.45) is 0.151. The number of carbonyl (C=O) groups excluding carboxylic acids is 2. The van der Waals surface area contributed by atoms with Crippen molar-refractivity contribution >= 4 is 39.9 Å². The maximum Gasteiger partial charge on any atom is 0.410 e. The summed E-state index contributed by atoms with van der Waals surface area (Å²) < 4.78 is 10.3. The minimum atomic E-state index is -0.420. The van der Waals surface area contributed by atoms with Crippen LogP contribution in [0.2, 0.25) is 5.02 Å². The first-order chi connectivity index (χ1) is 13.5. The van der Waals surface area contributed by atoms with Crippen molar-refractivity contribution < 1.29 is 19.1 Å². The molecule has 0 saturated carbocycles. The second kappa shape index (κ2) is 8.50. The highest BCUT2D eigenvalue weighted by Crippen LogP contribution is 2.37. The van der Waals surface area contributed by atoms with Crippen molar-refractivity contribution in [3.05, 3.63) is 44.8 Å². The molecule has 2 heterocycles. The number of amides is 2. The van der Waals surface area contributed by atoms with Crippen molar-refractivity contribution in [3.8, 4) is 11.8 Å². The number of fused-ring (bicyclic) bond motifs is 1. The molecule has 0 radical (unpaired) electrons. The summed E-state index contributed by atoms with van der Waals surface area (Å²) in [7, 11) is 1.47. The highest BCUT2D eigenvalue weighted by Gasteiger charge is 2.28. The molecular formula is C19H18ClN3O4S. The van der Waals surface area contributed by atoms with Gasteiger partial charge in [-0.1, -0.05) is 11.6 Å². The molecule has 1 aliphatic heterocycles. The fraction of sp³-hybridized carbons (Fsp3) is 0.316. The topological polar surface area (TPSA) is 91.7 Å². The van der Waals surface area contributed by atoms with E-state index in [0.717, 1.165) is 10.4 Å². The third-order valence-corrected chi connectivity index (χ3v) is 5.70. The average molecular weight is 420 g/mol. The van der Waals surface area contributed by atoms with Crippen molar-refractivity contribution in [1.29, 1.82) is 5.26 Å². The second-order valence-electron chi connectivity index (χ2n) is 5.99. The van der Waals surface area contributed by atoms with E-state index in [1.807, 2.05) is 0 Å². The number of methoxy groups -OCH3 is 1. The second-order valence-corrected chi connectivity index (χ2v) is 7.53. The third-order valence-electron chi connectivity index (χ3n) is 4.33. The molecule has 0 spiro atoms. The van der Waals surface area contributed by atoms with Gasteiger partial charge in [-0.2, -0.15) is 5.26 Å². The van der Waals surface area contributed by atoms with Crippen molar-refractivity contribution in [2.24, 2.45) is 0 Å². The number of ether oxygens (including phenoxy) is 2. The van der Waals surface area contributed by atoms with Gasteiger partial charge in [0.25, 0.3) is 5.91 Å². The number of hydrogen-bond donors (Lipinski definition) is 1. The number of halogens is 1. The Morgan fingerprint density at radius 2 is 2.21 bits per heavy atom. The Morgan fingerprint density at radius 3 is 2.89 bits per heavy atom. The van der Waals surface area contributed by atoms with Crippen LogP contribution in [0, 0.1) is 11.3 Å². The fourth-order valence-electron chi connectivity index (χ4n) is 3.01. The summed E-state index contributed by atoms with van der Waals surface area (Å²) >= 11 is 7.29. The van der Waals surface area contributed by atoms with Crippen LogP contribution in [-0.2, 0) is 17.7 Å². The van der Waals surface area contributed by atoms with Crippen LogP contribution in [0.5, 0.6) is 5.75 Å². The van der Waals surface area contributed by atoms with E-state index in [1.165, 1.54) is 24.5 Å². The predicted molar refractivity (Wildman–Crippen MR) is 106 cm³/mol. The first kappa shape index (κ1) is 20.0. The van der Waals surface area contributed by atoms with E-state index in [0.29, 0.717) is 47.5 Å². The predicted octanol–water partition coefficient (Wildman–Crippen LogP) is 4.05. The van der Waals surface area contributed by atoms with Gasteiger partial charge in [-0.25, -0.2) is 4.79 Å². The molecular weight excluding hydrogens is 402 g/mol. The smallest absolute Gasteiger partial charge is 0.410 e. The van der Waals surface area contributed by atoms with Crippen LogP contribution in [0.1, 0.15) is 33.3 Å². The molecule has 0 saturated heterocycles. The first-order valence-corrected chi connectivity index (χ1v) is 9.79. The highest BCUT2D eigenvalue weighted by atomic mass is 35.5. The van der Waals surface area contributed by atoms with Crippen LogP contribution in [-0.4, -0.2) is 37.2 Å². The van der Waals surface area contributed by atoms with Crippen LogP contribution in [0.15, 0.2) is 18.2 Å². The molecule has 0 fully saturated rings. The number of nitrogens with one attached hydrogen (secondary N) is 1. The van der Waals surface area contributed by atoms with Gasteiger partial charge in [0.15, 0.2) is 0 Å². The lowest BCUT2D eigenvalue weighted by molar-refractivity contribution is 0.102. The van der Waals surface area contributed by atoms with Crippen molar-refractivity contribution in [3.63, 3.8) is 0 Å². The quantitative estimate of drug-likeness (QED) is 0.807. The van der Waals surface area contributed by atoms with Crippen LogP contribution in [0.3, 0.4) is 0 Å². The standard InChI is InChI=1S/C19H18ClN3O4S/c1-3-27-19(25)23-7-6-12-14(9-21)18(28-16(12)10-23)22-17(24)13-8-11(20)4-5-15(13)26-2/h4-5,8H,3,6-7,10H2,1-2H3,(H,22,24). The lowest BCUT2D eigenvalue weighted by atomic mass is 10.0. The molecule has 1 aromatic carbocycles. The maximum atomic E-state index is 12.7. The van der Waals surface area contributed by atoms with Gasteiger partial charge in [-0.3, -0.25) is 4.79 Å². The molecule has 0 unspecified atom stereocenters. The molecule has 0 atom stereocenters. The van der Waals surface area contributed by atoms with Gasteiger partial charge in [0.2, 0.25) is 0 Å². The van der Waals surface area contributed by atoms with Crippen LogP contribution < -0.4 is 10.1 Å². The van der Waals surface area contributed by atoms with E-state index in [4.69, 9.17) is 21.1 Å². The minimum absolute atomic E-state index is 0.276. The number of hydrogen-bond acceptors (Lipinski definition) is 6. The van der Waals surface area contributed by atoms with E-state index < -0.39 is 5.91 Å². The number of nitrogens with zero attached hydrogens (tertiary/aromatic N) is 2. The van der Waals surface area contributed by atoms with Gasteiger partial charge >= 0.3 is 6.09 Å². The van der Waals surface area contributed by atoms with E-state index in [1.54, 1.807) is 24.0 Å². The molecule has 1 aliphatic rings. The molecule has 0 aliphatic carbocycles. The highest BCUT2D eigenvalue weighted by molar-refractivity contribution is 7.16. The number of rotatable bonds is 4. The Morgan fingerprint density at radius 1 is 1.43 bits per heavy atom. The molecule has 9 heteroatoms. The van der Waals surface area contributed by atoms with E-state index in [2.05, 4.69) is 11.4 Å². The molecule has 7 nitrogen and oxygen atoms in total. The summed E-state index contributed by atoms with van der Waals surface area (Å²) in [6, 6.07) is 6.93. The molecule has 3 rings (SSSR count). The SMILES string of the molecule is CCOC(=O)N1CCc2c(sc(NC(=O)c3cc(Cl)ccc3OC)c2C#N)C1. The van der Waals surface area contributed by atoms with Crippen molar-refractivity contribution in [2.45, 2.75) is 19.9 Å². The fourth-order valence-corrected chi connectivity index (χ4v) is 4.39. The van der Waals surface area contributed by atoms with Crippen molar-refractivity contribution in [2.75, 3.05) is 25.6 Å². The molecule has 0 bridgehead atoms. The summed E-state index contributed by atoms with van der Waals surface area (Å²) in [5.74, 6) is -0.0353. The van der Waals surface area contributed by atoms with Gasteiger partial charge < -0.3 is 19.7 Å². The molecule has 1 aromatic heterocycles. The Labute approximate surface area is 171 Å². The summed E-state index contributed by atoms with van der Waals surface area (Å²) in [5, 5.41) is 13.2. The molecule has 146 valence electrons. The van der Waals surface area contributed by atoms with Crippen LogP contribution in [0.25, 0.3) is 0 Å². The van der Waals surface area contributed by atoms with Gasteiger partial charge in [0, 0.05) is 16.4 Å². The summed E-state index contributed by atoms with van der Waals surface area (Å²) in [5.41, 5.74) is 1.57. The number of anilines is 1. The van der Waals surface area contributed by atoms with E-state index >= 15 is 0 Å². The Balaban J connectivity index is 1.87. The minimum Gasteiger partial charge on any atom is -0.496 e. The number of nitriles is 1. The molecule has 28 heavy (non-hydrogen) atoms. The van der Waals surface area contributed by atoms with E-state index in [9.17, 15) is 14.9 Å². The zero-order valence-electron chi connectivity index (χ0n) is 15.4. The number of thiophene rings is 1. The Bertz CT molecular complexity index is 967. The lowest BCUT2D eigenvalue weighted by Crippen LogP contribution is -2.35. The Kier molecular flexibility index (Phi) is 6.07. The summed E-state index contributed by atoms with van der Waals surface area (Å²) in [6.45, 7) is 2.87. The monoisotopic (exact) mass is 419 g/mol. The maximum absolute atomic E-state index is 12.7. The Hall–Kier alpha value is -2.76. The van der Waals surface area contributed by atoms with Gasteiger partial charge in [0.1, 0.15) is 16.8 Å². The normalized spacial score (nSPS) is 12.7. The third kappa shape index (κ3) is 3.91. The van der Waals surface area contributed by atoms with Crippen LogP contribution in [0.4, 0.5) is 9.80 Å². The largest absolute Gasteiger partial charge is 0.496 e. The van der Waals surface area contributed by atoms with Gasteiger partial charge in [0.05, 0.1) is 31.4 Å². The molecule has 2 aromatic rings. The summed E-state index contributed by atoms with van der Waals surface area (Å²) in [4.78, 5) is 27.2. The van der Waals surface area contributed by atoms with Gasteiger partial charge in [-0.15, -0.1) is 11.3 Å². The molecule has 2 amide bonds. The average Bonchev–Trinajstić information content (AvgIpc) is 3.04. The van der Waals surface area contributed by atoms with Gasteiger partial charge in [-0.05, 0) is 37.1 Å². The number of carbonyl (C=O) groups is 2. The zero-order valence-corrected chi connectivity index (χ0v) is 16.9. The molecule has 1 N–H and O–H groups in total. The zero-order chi connectivity index (χ0) is 20.3. The van der Waals surface area contributed by atoms with Crippen LogP contribution >= 0.6 is 22.9 Å². The number of benzene rings is 1. The van der Waals surface area contributed by atoms with E-state index in [-0.39, 0.29) is 11.7 Å².